The van der Waals surface area contributed by atoms with Crippen LogP contribution in [0.4, 0.5) is 0 Å². The predicted molar refractivity (Wildman–Crippen MR) is 93.5 cm³/mol. The van der Waals surface area contributed by atoms with Gasteiger partial charge in [-0.05, 0) is 23.5 Å². The minimum Gasteiger partial charge on any atom is -0.493 e. The quantitative estimate of drug-likeness (QED) is 0.799. The molecule has 1 atom stereocenters. The zero-order valence-corrected chi connectivity index (χ0v) is 15.3. The third-order valence-electron chi connectivity index (χ3n) is 3.84. The molecule has 2 rings (SSSR count). The molecule has 1 unspecified atom stereocenters. The first kappa shape index (κ1) is 18.2. The Morgan fingerprint density at radius 1 is 1.08 bits per heavy atom. The number of benzene rings is 1. The van der Waals surface area contributed by atoms with Gasteiger partial charge in [0, 0.05) is 7.11 Å². The van der Waals surface area contributed by atoms with E-state index in [-0.39, 0.29) is 11.5 Å². The van der Waals surface area contributed by atoms with Crippen LogP contribution in [0.5, 0.6) is 11.8 Å². The molecule has 0 saturated carbocycles. The summed E-state index contributed by atoms with van der Waals surface area (Å²) in [4.78, 5) is 8.57. The highest BCUT2D eigenvalue weighted by Gasteiger charge is 2.16. The molecular weight excluding hydrogens is 304 g/mol. The Morgan fingerprint density at radius 3 is 2.29 bits per heavy atom. The van der Waals surface area contributed by atoms with Crippen LogP contribution >= 0.6 is 0 Å². The summed E-state index contributed by atoms with van der Waals surface area (Å²) in [5.74, 6) is 0.589. The number of nitrogens with zero attached hydrogens (tertiary/aromatic N) is 2. The van der Waals surface area contributed by atoms with Gasteiger partial charge in [0.1, 0.15) is 11.8 Å². The van der Waals surface area contributed by atoms with Crippen LogP contribution in [0.3, 0.4) is 0 Å². The first-order chi connectivity index (χ1) is 11.3. The molecule has 0 aliphatic carbocycles. The average molecular weight is 330 g/mol. The highest BCUT2D eigenvalue weighted by Crippen LogP contribution is 2.26. The summed E-state index contributed by atoms with van der Waals surface area (Å²) in [6, 6.07) is 8.77. The van der Waals surface area contributed by atoms with Crippen molar-refractivity contribution in [1.82, 2.24) is 9.97 Å². The smallest absolute Gasteiger partial charge is 0.317 e. The molecule has 0 bridgehead atoms. The van der Waals surface area contributed by atoms with Crippen LogP contribution in [-0.2, 0) is 16.8 Å². The molecule has 0 aliphatic rings. The number of ether oxygens (including phenoxy) is 3. The van der Waals surface area contributed by atoms with Crippen LogP contribution in [0.15, 0.2) is 30.5 Å². The van der Waals surface area contributed by atoms with E-state index in [2.05, 4.69) is 55.0 Å². The van der Waals surface area contributed by atoms with E-state index in [1.165, 1.54) is 5.56 Å². The summed E-state index contributed by atoms with van der Waals surface area (Å²) in [7, 11) is 3.19. The number of methoxy groups -OCH3 is 2. The molecule has 130 valence electrons. The second-order valence-electron chi connectivity index (χ2n) is 6.73. The van der Waals surface area contributed by atoms with Crippen molar-refractivity contribution in [3.8, 4) is 11.8 Å². The second-order valence-corrected chi connectivity index (χ2v) is 6.73. The summed E-state index contributed by atoms with van der Waals surface area (Å²) in [6.07, 6.45) is 1.45. The summed E-state index contributed by atoms with van der Waals surface area (Å²) in [6.45, 7) is 8.92. The standard InChI is InChI=1S/C19H26N2O3/c1-13(14-7-9-15(10-8-14)19(2,3)4)24-18-20-11-17(23-6)16(21-18)12-22-5/h7-11,13H,12H2,1-6H3. The normalized spacial score (nSPS) is 12.8. The fraction of sp³-hybridized carbons (Fsp3) is 0.474. The second kappa shape index (κ2) is 7.62. The SMILES string of the molecule is COCc1nc(OC(C)c2ccc(C(C)(C)C)cc2)ncc1OC. The van der Waals surface area contributed by atoms with Crippen molar-refractivity contribution >= 4 is 0 Å². The van der Waals surface area contributed by atoms with Crippen LogP contribution in [0.1, 0.15) is 50.6 Å². The molecule has 0 amide bonds. The molecular formula is C19H26N2O3. The van der Waals surface area contributed by atoms with Crippen LogP contribution in [0, 0.1) is 0 Å². The van der Waals surface area contributed by atoms with Crippen molar-refractivity contribution in [2.24, 2.45) is 0 Å². The van der Waals surface area contributed by atoms with Crippen LogP contribution in [0.2, 0.25) is 0 Å². The first-order valence-electron chi connectivity index (χ1n) is 8.01. The Morgan fingerprint density at radius 2 is 1.75 bits per heavy atom. The van der Waals surface area contributed by atoms with Gasteiger partial charge in [0.15, 0.2) is 5.75 Å². The van der Waals surface area contributed by atoms with Crippen molar-refractivity contribution in [3.63, 3.8) is 0 Å². The number of rotatable bonds is 6. The van der Waals surface area contributed by atoms with E-state index in [4.69, 9.17) is 14.2 Å². The van der Waals surface area contributed by atoms with Gasteiger partial charge in [-0.15, -0.1) is 0 Å². The van der Waals surface area contributed by atoms with E-state index >= 15 is 0 Å². The van der Waals surface area contributed by atoms with E-state index in [9.17, 15) is 0 Å². The lowest BCUT2D eigenvalue weighted by Gasteiger charge is -2.20. The molecule has 0 fully saturated rings. The number of hydrogen-bond acceptors (Lipinski definition) is 5. The maximum Gasteiger partial charge on any atom is 0.317 e. The topological polar surface area (TPSA) is 53.5 Å². The Labute approximate surface area is 144 Å². The first-order valence-corrected chi connectivity index (χ1v) is 8.01. The zero-order valence-electron chi connectivity index (χ0n) is 15.3. The minimum absolute atomic E-state index is 0.136. The molecule has 5 nitrogen and oxygen atoms in total. The molecule has 24 heavy (non-hydrogen) atoms. The van der Waals surface area contributed by atoms with Gasteiger partial charge in [-0.2, -0.15) is 9.97 Å². The highest BCUT2D eigenvalue weighted by molar-refractivity contribution is 5.29. The maximum absolute atomic E-state index is 5.88. The summed E-state index contributed by atoms with van der Waals surface area (Å²) in [5, 5.41) is 0. The maximum atomic E-state index is 5.88. The van der Waals surface area contributed by atoms with Gasteiger partial charge in [0.2, 0.25) is 0 Å². The van der Waals surface area contributed by atoms with Gasteiger partial charge in [0.05, 0.1) is 19.9 Å². The third kappa shape index (κ3) is 4.45. The van der Waals surface area contributed by atoms with Gasteiger partial charge in [0.25, 0.3) is 0 Å². The minimum atomic E-state index is -0.150. The lowest BCUT2D eigenvalue weighted by atomic mass is 9.86. The molecule has 2 aromatic rings. The average Bonchev–Trinajstić information content (AvgIpc) is 2.55. The van der Waals surface area contributed by atoms with E-state index in [0.29, 0.717) is 24.1 Å². The number of aromatic nitrogens is 2. The predicted octanol–water partition coefficient (Wildman–Crippen LogP) is 4.07. The molecule has 1 aromatic heterocycles. The third-order valence-corrected chi connectivity index (χ3v) is 3.84. The van der Waals surface area contributed by atoms with Gasteiger partial charge >= 0.3 is 6.01 Å². The van der Waals surface area contributed by atoms with E-state index < -0.39 is 0 Å². The van der Waals surface area contributed by atoms with Crippen molar-refractivity contribution in [2.45, 2.75) is 45.8 Å². The molecule has 0 spiro atoms. The Hall–Kier alpha value is -2.14. The fourth-order valence-corrected chi connectivity index (χ4v) is 2.34. The van der Waals surface area contributed by atoms with Crippen molar-refractivity contribution in [1.29, 1.82) is 0 Å². The molecule has 1 aromatic carbocycles. The van der Waals surface area contributed by atoms with Crippen LogP contribution < -0.4 is 9.47 Å². The largest absolute Gasteiger partial charge is 0.493 e. The number of hydrogen-bond donors (Lipinski definition) is 0. The monoisotopic (exact) mass is 330 g/mol. The summed E-state index contributed by atoms with van der Waals surface area (Å²) < 4.78 is 16.2. The highest BCUT2D eigenvalue weighted by atomic mass is 16.5. The molecule has 5 heteroatoms. The van der Waals surface area contributed by atoms with Gasteiger partial charge in [-0.3, -0.25) is 0 Å². The molecule has 0 saturated heterocycles. The van der Waals surface area contributed by atoms with Gasteiger partial charge in [-0.1, -0.05) is 45.0 Å². The summed E-state index contributed by atoms with van der Waals surface area (Å²) >= 11 is 0. The van der Waals surface area contributed by atoms with Crippen molar-refractivity contribution < 1.29 is 14.2 Å². The fourth-order valence-electron chi connectivity index (χ4n) is 2.34. The summed E-state index contributed by atoms with van der Waals surface area (Å²) in [5.41, 5.74) is 3.18. The van der Waals surface area contributed by atoms with Crippen molar-refractivity contribution in [2.75, 3.05) is 14.2 Å². The van der Waals surface area contributed by atoms with Crippen molar-refractivity contribution in [3.05, 3.63) is 47.3 Å². The lowest BCUT2D eigenvalue weighted by molar-refractivity contribution is 0.171. The zero-order chi connectivity index (χ0) is 17.7. The molecule has 0 radical (unpaired) electrons. The molecule has 0 aliphatic heterocycles. The van der Waals surface area contributed by atoms with E-state index in [1.807, 2.05) is 6.92 Å². The van der Waals surface area contributed by atoms with E-state index in [0.717, 1.165) is 5.56 Å². The molecule has 0 N–H and O–H groups in total. The Bertz CT molecular complexity index is 663. The molecule has 1 heterocycles. The van der Waals surface area contributed by atoms with Gasteiger partial charge in [-0.25, -0.2) is 0 Å². The van der Waals surface area contributed by atoms with Gasteiger partial charge < -0.3 is 14.2 Å². The Balaban J connectivity index is 2.14. The Kier molecular flexibility index (Phi) is 5.78. The van der Waals surface area contributed by atoms with Crippen LogP contribution in [0.25, 0.3) is 0 Å². The van der Waals surface area contributed by atoms with Crippen LogP contribution in [-0.4, -0.2) is 24.2 Å². The van der Waals surface area contributed by atoms with E-state index in [1.54, 1.807) is 20.4 Å². The lowest BCUT2D eigenvalue weighted by Crippen LogP contribution is -2.12.